The molecular weight excluding hydrogens is 234 g/mol. The maximum atomic E-state index is 5.34. The summed E-state index contributed by atoms with van der Waals surface area (Å²) in [4.78, 5) is 2.52. The Labute approximate surface area is 116 Å². The van der Waals surface area contributed by atoms with Gasteiger partial charge in [-0.05, 0) is 42.7 Å². The van der Waals surface area contributed by atoms with E-state index in [1.54, 1.807) is 7.11 Å². The van der Waals surface area contributed by atoms with Crippen LogP contribution in [0.3, 0.4) is 0 Å². The molecule has 0 spiro atoms. The average Bonchev–Trinajstić information content (AvgIpc) is 2.47. The summed E-state index contributed by atoms with van der Waals surface area (Å²) in [6.45, 7) is 9.51. The van der Waals surface area contributed by atoms with Gasteiger partial charge in [0.15, 0.2) is 0 Å². The van der Waals surface area contributed by atoms with Crippen molar-refractivity contribution in [1.29, 1.82) is 0 Å². The van der Waals surface area contributed by atoms with Crippen LogP contribution in [0.15, 0.2) is 30.9 Å². The minimum atomic E-state index is 0.889. The van der Waals surface area contributed by atoms with E-state index < -0.39 is 0 Å². The van der Waals surface area contributed by atoms with Gasteiger partial charge in [-0.2, -0.15) is 0 Å². The van der Waals surface area contributed by atoms with Crippen LogP contribution in [0.4, 0.5) is 0 Å². The Bertz CT molecular complexity index is 476. The number of hydrogen-bond acceptors (Lipinski definition) is 2. The summed E-state index contributed by atoms with van der Waals surface area (Å²) >= 11 is 0. The summed E-state index contributed by atoms with van der Waals surface area (Å²) in [6.07, 6.45) is 6.58. The fourth-order valence-corrected chi connectivity index (χ4v) is 2.62. The van der Waals surface area contributed by atoms with Crippen LogP contribution in [0.1, 0.15) is 30.9 Å². The first-order valence-electron chi connectivity index (χ1n) is 7.00. The largest absolute Gasteiger partial charge is 0.496 e. The van der Waals surface area contributed by atoms with Crippen molar-refractivity contribution in [2.24, 2.45) is 0 Å². The van der Waals surface area contributed by atoms with Crippen LogP contribution >= 0.6 is 0 Å². The van der Waals surface area contributed by atoms with Crippen LogP contribution < -0.4 is 4.74 Å². The van der Waals surface area contributed by atoms with E-state index in [-0.39, 0.29) is 0 Å². The Hall–Kier alpha value is -1.54. The molecule has 0 aromatic heterocycles. The number of hydrogen-bond donors (Lipinski definition) is 0. The van der Waals surface area contributed by atoms with Crippen molar-refractivity contribution in [3.05, 3.63) is 42.0 Å². The highest BCUT2D eigenvalue weighted by atomic mass is 16.5. The molecule has 0 N–H and O–H groups in total. The highest BCUT2D eigenvalue weighted by Gasteiger charge is 2.14. The molecule has 0 saturated carbocycles. The van der Waals surface area contributed by atoms with Crippen molar-refractivity contribution in [3.8, 4) is 5.75 Å². The smallest absolute Gasteiger partial charge is 0.126 e. The fraction of sp³-hybridized carbons (Fsp3) is 0.412. The zero-order valence-electron chi connectivity index (χ0n) is 12.0. The zero-order valence-corrected chi connectivity index (χ0v) is 12.0. The van der Waals surface area contributed by atoms with Crippen molar-refractivity contribution in [1.82, 2.24) is 4.90 Å². The molecule has 1 aromatic carbocycles. The van der Waals surface area contributed by atoms with E-state index in [0.717, 1.165) is 24.3 Å². The second-order valence-corrected chi connectivity index (χ2v) is 4.96. The monoisotopic (exact) mass is 257 g/mol. The summed E-state index contributed by atoms with van der Waals surface area (Å²) in [6, 6.07) is 6.35. The Kier molecular flexibility index (Phi) is 4.80. The number of ether oxygens (including phenoxy) is 1. The lowest BCUT2D eigenvalue weighted by Gasteiger charge is -2.27. The second-order valence-electron chi connectivity index (χ2n) is 4.96. The van der Waals surface area contributed by atoms with E-state index in [9.17, 15) is 0 Å². The third-order valence-electron chi connectivity index (χ3n) is 3.59. The SMILES string of the molecule is C=Cc1cc(C2=CCCN(CCC)C2)ccc1OC. The molecule has 1 aliphatic heterocycles. The molecule has 2 heteroatoms. The highest BCUT2D eigenvalue weighted by molar-refractivity contribution is 5.71. The molecular formula is C17H23NO. The Morgan fingerprint density at radius 3 is 2.95 bits per heavy atom. The number of rotatable bonds is 5. The van der Waals surface area contributed by atoms with E-state index in [1.807, 2.05) is 12.1 Å². The molecule has 1 aliphatic rings. The molecule has 0 radical (unpaired) electrons. The Morgan fingerprint density at radius 1 is 1.42 bits per heavy atom. The van der Waals surface area contributed by atoms with Gasteiger partial charge >= 0.3 is 0 Å². The van der Waals surface area contributed by atoms with Crippen LogP contribution in [-0.4, -0.2) is 31.6 Å². The maximum absolute atomic E-state index is 5.34. The molecule has 0 amide bonds. The third-order valence-corrected chi connectivity index (χ3v) is 3.59. The first-order valence-corrected chi connectivity index (χ1v) is 7.00. The Morgan fingerprint density at radius 2 is 2.26 bits per heavy atom. The van der Waals surface area contributed by atoms with Crippen LogP contribution in [0.2, 0.25) is 0 Å². The first-order chi connectivity index (χ1) is 9.28. The van der Waals surface area contributed by atoms with Crippen LogP contribution in [-0.2, 0) is 0 Å². The van der Waals surface area contributed by atoms with Crippen molar-refractivity contribution >= 4 is 11.6 Å². The van der Waals surface area contributed by atoms with E-state index in [1.165, 1.54) is 30.6 Å². The molecule has 19 heavy (non-hydrogen) atoms. The van der Waals surface area contributed by atoms with E-state index in [4.69, 9.17) is 4.74 Å². The van der Waals surface area contributed by atoms with E-state index in [2.05, 4.69) is 36.6 Å². The van der Waals surface area contributed by atoms with Gasteiger partial charge in [0.2, 0.25) is 0 Å². The second kappa shape index (κ2) is 6.58. The molecule has 1 heterocycles. The van der Waals surface area contributed by atoms with Gasteiger partial charge < -0.3 is 4.74 Å². The van der Waals surface area contributed by atoms with Crippen molar-refractivity contribution in [3.63, 3.8) is 0 Å². The molecule has 0 aliphatic carbocycles. The molecule has 0 saturated heterocycles. The highest BCUT2D eigenvalue weighted by Crippen LogP contribution is 2.27. The summed E-state index contributed by atoms with van der Waals surface area (Å²) in [7, 11) is 1.70. The number of benzene rings is 1. The van der Waals surface area contributed by atoms with Crippen molar-refractivity contribution in [2.45, 2.75) is 19.8 Å². The summed E-state index contributed by atoms with van der Waals surface area (Å²) < 4.78 is 5.34. The van der Waals surface area contributed by atoms with Gasteiger partial charge in [0, 0.05) is 18.7 Å². The van der Waals surface area contributed by atoms with E-state index >= 15 is 0 Å². The lowest BCUT2D eigenvalue weighted by Crippen LogP contribution is -2.30. The summed E-state index contributed by atoms with van der Waals surface area (Å²) in [5.74, 6) is 0.889. The van der Waals surface area contributed by atoms with Crippen molar-refractivity contribution < 1.29 is 4.74 Å². The minimum absolute atomic E-state index is 0.889. The van der Waals surface area contributed by atoms with Crippen LogP contribution in [0.5, 0.6) is 5.75 Å². The van der Waals surface area contributed by atoms with Crippen LogP contribution in [0.25, 0.3) is 11.6 Å². The zero-order chi connectivity index (χ0) is 13.7. The molecule has 0 fully saturated rings. The minimum Gasteiger partial charge on any atom is -0.496 e. The molecule has 2 nitrogen and oxygen atoms in total. The normalized spacial score (nSPS) is 16.0. The third kappa shape index (κ3) is 3.27. The van der Waals surface area contributed by atoms with Gasteiger partial charge in [-0.3, -0.25) is 4.90 Å². The van der Waals surface area contributed by atoms with Crippen molar-refractivity contribution in [2.75, 3.05) is 26.7 Å². The first kappa shape index (κ1) is 13.9. The topological polar surface area (TPSA) is 12.5 Å². The maximum Gasteiger partial charge on any atom is 0.126 e. The van der Waals surface area contributed by atoms with Crippen LogP contribution in [0, 0.1) is 0 Å². The lowest BCUT2D eigenvalue weighted by molar-refractivity contribution is 0.305. The van der Waals surface area contributed by atoms with Gasteiger partial charge in [0.25, 0.3) is 0 Å². The number of nitrogens with zero attached hydrogens (tertiary/aromatic N) is 1. The fourth-order valence-electron chi connectivity index (χ4n) is 2.62. The molecule has 102 valence electrons. The molecule has 0 unspecified atom stereocenters. The molecule has 0 atom stereocenters. The van der Waals surface area contributed by atoms with Gasteiger partial charge in [-0.25, -0.2) is 0 Å². The predicted octanol–water partition coefficient (Wildman–Crippen LogP) is 3.84. The molecule has 1 aromatic rings. The lowest BCUT2D eigenvalue weighted by atomic mass is 9.98. The summed E-state index contributed by atoms with van der Waals surface area (Å²) in [5.41, 5.74) is 3.77. The van der Waals surface area contributed by atoms with Gasteiger partial charge in [0.05, 0.1) is 7.11 Å². The molecule has 2 rings (SSSR count). The Balaban J connectivity index is 2.22. The average molecular weight is 257 g/mol. The van der Waals surface area contributed by atoms with Gasteiger partial charge in [-0.1, -0.05) is 31.7 Å². The molecule has 0 bridgehead atoms. The van der Waals surface area contributed by atoms with Gasteiger partial charge in [-0.15, -0.1) is 0 Å². The predicted molar refractivity (Wildman–Crippen MR) is 82.4 cm³/mol. The van der Waals surface area contributed by atoms with Gasteiger partial charge in [0.1, 0.15) is 5.75 Å². The van der Waals surface area contributed by atoms with E-state index in [0.29, 0.717) is 0 Å². The number of methoxy groups -OCH3 is 1. The standard InChI is InChI=1S/C17H23NO/c1-4-10-18-11-6-7-16(13-18)15-8-9-17(19-3)14(5-2)12-15/h5,7-9,12H,2,4,6,10-11,13H2,1,3H3. The quantitative estimate of drug-likeness (QED) is 0.794. The summed E-state index contributed by atoms with van der Waals surface area (Å²) in [5, 5.41) is 0.